The first-order valence-electron chi connectivity index (χ1n) is 6.58. The molecule has 0 heterocycles. The Morgan fingerprint density at radius 2 is 1.27 bits per heavy atom. The third-order valence-corrected chi connectivity index (χ3v) is 3.87. The van der Waals surface area contributed by atoms with Gasteiger partial charge in [0.15, 0.2) is 0 Å². The molecular formula is C15H32. The normalized spacial score (nSPS) is 17.6. The Bertz CT molecular complexity index is 177. The molecule has 0 aliphatic heterocycles. The van der Waals surface area contributed by atoms with Crippen molar-refractivity contribution in [1.29, 1.82) is 0 Å². The van der Waals surface area contributed by atoms with Gasteiger partial charge in [0.25, 0.3) is 0 Å². The fraction of sp³-hybridized carbons (Fsp3) is 1.00. The first-order chi connectivity index (χ1) is 6.58. The second-order valence-electron chi connectivity index (χ2n) is 7.37. The highest BCUT2D eigenvalue weighted by Gasteiger charge is 2.41. The van der Waals surface area contributed by atoms with Crippen LogP contribution in [0, 0.1) is 16.2 Å². The Morgan fingerprint density at radius 1 is 0.800 bits per heavy atom. The van der Waals surface area contributed by atoms with E-state index in [0.717, 1.165) is 0 Å². The minimum Gasteiger partial charge on any atom is -0.0654 e. The fourth-order valence-electron chi connectivity index (χ4n) is 3.05. The third-order valence-electron chi connectivity index (χ3n) is 3.87. The summed E-state index contributed by atoms with van der Waals surface area (Å²) in [5.41, 5.74) is 1.38. The molecule has 0 saturated heterocycles. The van der Waals surface area contributed by atoms with Gasteiger partial charge >= 0.3 is 0 Å². The molecule has 0 heteroatoms. The largest absolute Gasteiger partial charge is 0.0654 e. The molecule has 0 radical (unpaired) electrons. The van der Waals surface area contributed by atoms with Crippen LogP contribution in [0.15, 0.2) is 0 Å². The molecule has 0 spiro atoms. The molecule has 1 unspecified atom stereocenters. The van der Waals surface area contributed by atoms with Gasteiger partial charge in [-0.15, -0.1) is 0 Å². The van der Waals surface area contributed by atoms with Crippen LogP contribution in [-0.2, 0) is 0 Å². The fourth-order valence-corrected chi connectivity index (χ4v) is 3.05. The van der Waals surface area contributed by atoms with Crippen LogP contribution in [0.25, 0.3) is 0 Å². The van der Waals surface area contributed by atoms with Crippen molar-refractivity contribution in [2.24, 2.45) is 16.2 Å². The molecule has 0 aromatic carbocycles. The quantitative estimate of drug-likeness (QED) is 0.563. The van der Waals surface area contributed by atoms with Crippen molar-refractivity contribution < 1.29 is 0 Å². The molecule has 0 bridgehead atoms. The summed E-state index contributed by atoms with van der Waals surface area (Å²) in [5.74, 6) is 0. The summed E-state index contributed by atoms with van der Waals surface area (Å²) in [6.07, 6.45) is 5.32. The van der Waals surface area contributed by atoms with Crippen LogP contribution >= 0.6 is 0 Å². The summed E-state index contributed by atoms with van der Waals surface area (Å²) in [6.45, 7) is 19.1. The van der Waals surface area contributed by atoms with Crippen molar-refractivity contribution in [2.75, 3.05) is 0 Å². The van der Waals surface area contributed by atoms with Crippen LogP contribution in [0.3, 0.4) is 0 Å². The Morgan fingerprint density at radius 3 is 1.47 bits per heavy atom. The van der Waals surface area contributed by atoms with Gasteiger partial charge in [0.1, 0.15) is 0 Å². The van der Waals surface area contributed by atoms with E-state index in [1.165, 1.54) is 25.7 Å². The molecule has 0 aromatic heterocycles. The highest BCUT2D eigenvalue weighted by molar-refractivity contribution is 4.91. The van der Waals surface area contributed by atoms with Crippen LogP contribution < -0.4 is 0 Å². The molecule has 0 aromatic rings. The number of hydrogen-bond donors (Lipinski definition) is 0. The van der Waals surface area contributed by atoms with Gasteiger partial charge in [0.05, 0.1) is 0 Å². The van der Waals surface area contributed by atoms with E-state index in [2.05, 4.69) is 55.4 Å². The molecule has 0 fully saturated rings. The van der Waals surface area contributed by atoms with Crippen molar-refractivity contribution in [3.05, 3.63) is 0 Å². The Kier molecular flexibility index (Phi) is 4.89. The Balaban J connectivity index is 4.99. The molecule has 0 aliphatic rings. The predicted octanol–water partition coefficient (Wildman–Crippen LogP) is 5.67. The van der Waals surface area contributed by atoms with Crippen molar-refractivity contribution in [2.45, 2.75) is 81.1 Å². The van der Waals surface area contributed by atoms with E-state index in [9.17, 15) is 0 Å². The van der Waals surface area contributed by atoms with Crippen molar-refractivity contribution >= 4 is 0 Å². The monoisotopic (exact) mass is 212 g/mol. The number of hydrogen-bond acceptors (Lipinski definition) is 0. The molecule has 0 N–H and O–H groups in total. The highest BCUT2D eigenvalue weighted by atomic mass is 14.5. The second-order valence-corrected chi connectivity index (χ2v) is 7.37. The van der Waals surface area contributed by atoms with Crippen LogP contribution in [0.4, 0.5) is 0 Å². The summed E-state index contributed by atoms with van der Waals surface area (Å²) in [4.78, 5) is 0. The topological polar surface area (TPSA) is 0 Å². The van der Waals surface area contributed by atoms with Gasteiger partial charge in [-0.05, 0) is 35.5 Å². The van der Waals surface area contributed by atoms with Gasteiger partial charge in [0, 0.05) is 0 Å². The Hall–Kier alpha value is 0. The summed E-state index contributed by atoms with van der Waals surface area (Å²) >= 11 is 0. The first-order valence-corrected chi connectivity index (χ1v) is 6.58. The van der Waals surface area contributed by atoms with Gasteiger partial charge < -0.3 is 0 Å². The zero-order chi connectivity index (χ0) is 12.3. The van der Waals surface area contributed by atoms with Crippen LogP contribution in [0.2, 0.25) is 0 Å². The lowest BCUT2D eigenvalue weighted by Crippen LogP contribution is -2.38. The predicted molar refractivity (Wildman–Crippen MR) is 71.2 cm³/mol. The van der Waals surface area contributed by atoms with E-state index in [-0.39, 0.29) is 0 Å². The van der Waals surface area contributed by atoms with Crippen LogP contribution in [0.1, 0.15) is 81.1 Å². The smallest absolute Gasteiger partial charge is 0.0247 e. The summed E-state index contributed by atoms with van der Waals surface area (Å²) < 4.78 is 0. The standard InChI is InChI=1S/C15H32/c1-9-11-15(10-2,14(6,7)8)12-13(3,4)5/h9-12H2,1-8H3. The minimum atomic E-state index is 0.422. The summed E-state index contributed by atoms with van der Waals surface area (Å²) in [6, 6.07) is 0. The lowest BCUT2D eigenvalue weighted by Gasteiger charge is -2.48. The van der Waals surface area contributed by atoms with Gasteiger partial charge in [-0.3, -0.25) is 0 Å². The van der Waals surface area contributed by atoms with Gasteiger partial charge in [-0.25, -0.2) is 0 Å². The molecule has 15 heavy (non-hydrogen) atoms. The van der Waals surface area contributed by atoms with Crippen LogP contribution in [0.5, 0.6) is 0 Å². The zero-order valence-electron chi connectivity index (χ0n) is 12.3. The number of rotatable bonds is 4. The van der Waals surface area contributed by atoms with Gasteiger partial charge in [-0.1, -0.05) is 61.8 Å². The highest BCUT2D eigenvalue weighted by Crippen LogP contribution is 2.52. The molecule has 0 rings (SSSR count). The minimum absolute atomic E-state index is 0.422. The summed E-state index contributed by atoms with van der Waals surface area (Å²) in [7, 11) is 0. The molecule has 1 atom stereocenters. The average Bonchev–Trinajstić information content (AvgIpc) is 1.98. The van der Waals surface area contributed by atoms with Crippen molar-refractivity contribution in [3.63, 3.8) is 0 Å². The summed E-state index contributed by atoms with van der Waals surface area (Å²) in [5, 5.41) is 0. The SMILES string of the molecule is CCCC(CC)(CC(C)(C)C)C(C)(C)C. The van der Waals surface area contributed by atoms with Crippen LogP contribution in [-0.4, -0.2) is 0 Å². The van der Waals surface area contributed by atoms with E-state index >= 15 is 0 Å². The van der Waals surface area contributed by atoms with E-state index in [4.69, 9.17) is 0 Å². The average molecular weight is 212 g/mol. The Labute approximate surface area is 97.8 Å². The van der Waals surface area contributed by atoms with Gasteiger partial charge in [-0.2, -0.15) is 0 Å². The van der Waals surface area contributed by atoms with E-state index in [1.807, 2.05) is 0 Å². The van der Waals surface area contributed by atoms with Gasteiger partial charge in [0.2, 0.25) is 0 Å². The first kappa shape index (κ1) is 15.0. The lowest BCUT2D eigenvalue weighted by atomic mass is 9.57. The maximum atomic E-state index is 2.41. The van der Waals surface area contributed by atoms with Crippen molar-refractivity contribution in [3.8, 4) is 0 Å². The lowest BCUT2D eigenvalue weighted by molar-refractivity contribution is 0.0208. The molecule has 0 nitrogen and oxygen atoms in total. The molecule has 92 valence electrons. The second kappa shape index (κ2) is 4.89. The zero-order valence-corrected chi connectivity index (χ0v) is 12.3. The van der Waals surface area contributed by atoms with E-state index in [0.29, 0.717) is 16.2 Å². The molecule has 0 aliphatic carbocycles. The molecule has 0 amide bonds. The molecule has 0 saturated carbocycles. The van der Waals surface area contributed by atoms with E-state index in [1.54, 1.807) is 0 Å². The van der Waals surface area contributed by atoms with E-state index < -0.39 is 0 Å². The maximum absolute atomic E-state index is 2.41. The van der Waals surface area contributed by atoms with Crippen molar-refractivity contribution in [1.82, 2.24) is 0 Å². The third kappa shape index (κ3) is 4.17. The maximum Gasteiger partial charge on any atom is -0.0247 e. The molecular weight excluding hydrogens is 180 g/mol.